The summed E-state index contributed by atoms with van der Waals surface area (Å²) >= 11 is 6.30. The highest BCUT2D eigenvalue weighted by Gasteiger charge is 2.34. The number of benzene rings is 1. The van der Waals surface area contributed by atoms with Crippen LogP contribution in [0.4, 0.5) is 0 Å². The number of pyridine rings is 1. The van der Waals surface area contributed by atoms with Gasteiger partial charge in [0.25, 0.3) is 11.8 Å². The average molecular weight is 488 g/mol. The first-order valence-corrected chi connectivity index (χ1v) is 11.2. The fraction of sp³-hybridized carbons (Fsp3) is 0.227. The van der Waals surface area contributed by atoms with Gasteiger partial charge in [0.1, 0.15) is 0 Å². The minimum Gasteiger partial charge on any atom is -0.490 e. The number of rotatable bonds is 9. The average Bonchev–Trinajstić information content (AvgIpc) is 3.06. The minimum atomic E-state index is -1.07. The normalized spacial score (nSPS) is 15.5. The lowest BCUT2D eigenvalue weighted by Gasteiger charge is -2.17. The monoisotopic (exact) mass is 487 g/mol. The summed E-state index contributed by atoms with van der Waals surface area (Å²) in [5.74, 6) is -1.38. The summed E-state index contributed by atoms with van der Waals surface area (Å²) in [7, 11) is 0. The molecule has 0 radical (unpaired) electrons. The largest absolute Gasteiger partial charge is 0.490 e. The van der Waals surface area contributed by atoms with E-state index in [9.17, 15) is 19.5 Å². The van der Waals surface area contributed by atoms with Gasteiger partial charge in [-0.1, -0.05) is 24.8 Å². The van der Waals surface area contributed by atoms with Gasteiger partial charge in [0, 0.05) is 18.0 Å². The quantitative estimate of drug-likeness (QED) is 0.406. The molecule has 1 atom stereocenters. The van der Waals surface area contributed by atoms with Crippen LogP contribution in [-0.2, 0) is 9.59 Å². The molecular formula is C22H21N3O6S2. The number of ether oxygens (including phenoxy) is 2. The fourth-order valence-electron chi connectivity index (χ4n) is 2.83. The van der Waals surface area contributed by atoms with Crippen molar-refractivity contribution in [2.45, 2.75) is 26.4 Å². The third-order valence-electron chi connectivity index (χ3n) is 4.43. The van der Waals surface area contributed by atoms with E-state index in [2.05, 4.69) is 10.4 Å². The van der Waals surface area contributed by atoms with Gasteiger partial charge in [-0.2, -0.15) is 5.01 Å². The Morgan fingerprint density at radius 3 is 2.61 bits per heavy atom. The van der Waals surface area contributed by atoms with E-state index in [-0.39, 0.29) is 10.7 Å². The number of carboxylic acid groups (broad SMARTS) is 1. The Morgan fingerprint density at radius 1 is 1.24 bits per heavy atom. The van der Waals surface area contributed by atoms with Crippen LogP contribution in [0, 0.1) is 0 Å². The van der Waals surface area contributed by atoms with Crippen LogP contribution in [0.1, 0.15) is 36.2 Å². The fourth-order valence-corrected chi connectivity index (χ4v) is 4.01. The van der Waals surface area contributed by atoms with Crippen molar-refractivity contribution in [3.05, 3.63) is 58.8 Å². The maximum Gasteiger partial charge on any atom is 0.344 e. The van der Waals surface area contributed by atoms with Crippen molar-refractivity contribution in [2.75, 3.05) is 6.61 Å². The first-order valence-electron chi connectivity index (χ1n) is 9.99. The Balaban J connectivity index is 1.80. The van der Waals surface area contributed by atoms with Gasteiger partial charge in [-0.3, -0.25) is 20.0 Å². The van der Waals surface area contributed by atoms with Crippen LogP contribution in [0.2, 0.25) is 0 Å². The predicted octanol–water partition coefficient (Wildman–Crippen LogP) is 3.27. The Morgan fingerprint density at radius 2 is 1.97 bits per heavy atom. The van der Waals surface area contributed by atoms with Gasteiger partial charge in [-0.05, 0) is 61.5 Å². The molecule has 0 aliphatic carbocycles. The molecule has 0 bridgehead atoms. The molecule has 3 rings (SSSR count). The lowest BCUT2D eigenvalue weighted by atomic mass is 10.1. The molecule has 9 nitrogen and oxygen atoms in total. The van der Waals surface area contributed by atoms with Crippen LogP contribution < -0.4 is 14.9 Å². The molecule has 2 heterocycles. The molecule has 33 heavy (non-hydrogen) atoms. The van der Waals surface area contributed by atoms with Gasteiger partial charge in [0.15, 0.2) is 21.9 Å². The van der Waals surface area contributed by atoms with Crippen LogP contribution >= 0.6 is 24.0 Å². The number of hydrazine groups is 1. The molecule has 0 saturated carbocycles. The number of nitrogens with one attached hydrogen (secondary N) is 1. The number of carbonyl (C=O) groups excluding carboxylic acids is 2. The first kappa shape index (κ1) is 24.2. The Labute approximate surface area is 199 Å². The first-order chi connectivity index (χ1) is 15.8. The van der Waals surface area contributed by atoms with Gasteiger partial charge in [0.2, 0.25) is 0 Å². The van der Waals surface area contributed by atoms with Crippen LogP contribution in [0.3, 0.4) is 0 Å². The molecule has 1 aromatic heterocycles. The summed E-state index contributed by atoms with van der Waals surface area (Å²) in [6.07, 6.45) is 3.84. The van der Waals surface area contributed by atoms with Crippen molar-refractivity contribution in [3.63, 3.8) is 0 Å². The molecule has 11 heteroatoms. The topological polar surface area (TPSA) is 118 Å². The number of nitrogens with zero attached hydrogens (tertiary/aromatic N) is 2. The van der Waals surface area contributed by atoms with E-state index < -0.39 is 23.9 Å². The lowest BCUT2D eigenvalue weighted by molar-refractivity contribution is -0.145. The molecule has 0 spiro atoms. The van der Waals surface area contributed by atoms with E-state index in [1.54, 1.807) is 38.1 Å². The van der Waals surface area contributed by atoms with Crippen molar-refractivity contribution in [3.8, 4) is 11.5 Å². The summed E-state index contributed by atoms with van der Waals surface area (Å²) in [6.45, 7) is 3.84. The van der Waals surface area contributed by atoms with Gasteiger partial charge in [-0.15, -0.1) is 0 Å². The number of aromatic nitrogens is 1. The van der Waals surface area contributed by atoms with E-state index in [4.69, 9.17) is 21.7 Å². The molecule has 172 valence electrons. The van der Waals surface area contributed by atoms with Crippen LogP contribution in [0.15, 0.2) is 47.6 Å². The maximum atomic E-state index is 12.8. The van der Waals surface area contributed by atoms with Crippen LogP contribution in [-0.4, -0.2) is 49.9 Å². The van der Waals surface area contributed by atoms with Crippen molar-refractivity contribution in [1.82, 2.24) is 15.4 Å². The van der Waals surface area contributed by atoms with Crippen LogP contribution in [0.5, 0.6) is 11.5 Å². The Kier molecular flexibility index (Phi) is 8.01. The van der Waals surface area contributed by atoms with Gasteiger partial charge < -0.3 is 14.6 Å². The molecule has 2 N–H and O–H groups in total. The molecule has 1 unspecified atom stereocenters. The molecule has 2 aromatic rings. The summed E-state index contributed by atoms with van der Waals surface area (Å²) in [6, 6.07) is 7.96. The zero-order valence-corrected chi connectivity index (χ0v) is 19.4. The summed E-state index contributed by atoms with van der Waals surface area (Å²) in [4.78, 5) is 40.7. The Bertz CT molecular complexity index is 1110. The number of amides is 2. The highest BCUT2D eigenvalue weighted by atomic mass is 32.2. The van der Waals surface area contributed by atoms with Crippen molar-refractivity contribution < 1.29 is 29.0 Å². The molecule has 1 aliphatic rings. The zero-order valence-electron chi connectivity index (χ0n) is 17.8. The van der Waals surface area contributed by atoms with Gasteiger partial charge >= 0.3 is 5.97 Å². The number of hydrogen-bond donors (Lipinski definition) is 2. The van der Waals surface area contributed by atoms with Gasteiger partial charge in [-0.25, -0.2) is 4.79 Å². The number of thioether (sulfide) groups is 1. The van der Waals surface area contributed by atoms with Crippen molar-refractivity contribution >= 4 is 52.2 Å². The minimum absolute atomic E-state index is 0.186. The number of carboxylic acids is 1. The van der Waals surface area contributed by atoms with E-state index in [1.807, 2.05) is 0 Å². The Hall–Kier alpha value is -3.44. The second-order valence-corrected chi connectivity index (χ2v) is 8.36. The van der Waals surface area contributed by atoms with Crippen molar-refractivity contribution in [1.29, 1.82) is 0 Å². The molecule has 1 saturated heterocycles. The van der Waals surface area contributed by atoms with Crippen LogP contribution in [0.25, 0.3) is 6.08 Å². The van der Waals surface area contributed by atoms with E-state index in [0.717, 1.165) is 16.8 Å². The van der Waals surface area contributed by atoms with Gasteiger partial charge in [0.05, 0.1) is 11.5 Å². The third-order valence-corrected chi connectivity index (χ3v) is 5.73. The molecule has 1 aromatic carbocycles. The zero-order chi connectivity index (χ0) is 24.0. The summed E-state index contributed by atoms with van der Waals surface area (Å²) in [5.41, 5.74) is 3.46. The molecular weight excluding hydrogens is 466 g/mol. The maximum absolute atomic E-state index is 12.8. The molecule has 1 fully saturated rings. The predicted molar refractivity (Wildman–Crippen MR) is 127 cm³/mol. The number of carbonyl (C=O) groups is 3. The summed E-state index contributed by atoms with van der Waals surface area (Å²) in [5, 5.41) is 10.3. The van der Waals surface area contributed by atoms with E-state index >= 15 is 0 Å². The standard InChI is InChI=1S/C22H21N3O6S2/c1-3-15(21(28)29)31-16-6-5-13(11-17(16)30-4-2)12-18-20(27)25(22(32)33-18)24-19(26)14-7-9-23-10-8-14/h5-12,15H,3-4H2,1-2H3,(H,24,26)(H,28,29)/b18-12+. The van der Waals surface area contributed by atoms with Crippen molar-refractivity contribution in [2.24, 2.45) is 0 Å². The second kappa shape index (κ2) is 10.9. The molecule has 2 amide bonds. The third kappa shape index (κ3) is 5.88. The highest BCUT2D eigenvalue weighted by molar-refractivity contribution is 8.26. The highest BCUT2D eigenvalue weighted by Crippen LogP contribution is 2.34. The number of hydrogen-bond acceptors (Lipinski definition) is 8. The van der Waals surface area contributed by atoms with E-state index in [0.29, 0.717) is 34.1 Å². The SMILES string of the molecule is CCOc1cc(/C=C2/SC(=S)N(NC(=O)c3ccncc3)C2=O)ccc1OC(CC)C(=O)O. The number of aliphatic carboxylic acids is 1. The lowest BCUT2D eigenvalue weighted by Crippen LogP contribution is -2.44. The summed E-state index contributed by atoms with van der Waals surface area (Å²) < 4.78 is 11.4. The second-order valence-electron chi connectivity index (χ2n) is 6.69. The smallest absolute Gasteiger partial charge is 0.344 e. The number of thiocarbonyl (C=S) groups is 1. The molecule has 1 aliphatic heterocycles. The van der Waals surface area contributed by atoms with E-state index in [1.165, 1.54) is 24.5 Å².